The fourth-order valence-corrected chi connectivity index (χ4v) is 5.51. The molecule has 0 aromatic carbocycles. The maximum absolute atomic E-state index is 13.3. The van der Waals surface area contributed by atoms with Crippen molar-refractivity contribution in [1.82, 2.24) is 9.80 Å². The molecule has 1 aliphatic heterocycles. The second kappa shape index (κ2) is 18.5. The van der Waals surface area contributed by atoms with Crippen LogP contribution in [-0.4, -0.2) is 93.5 Å². The molecule has 40 heavy (non-hydrogen) atoms. The number of esters is 2. The second-order valence-electron chi connectivity index (χ2n) is 11.8. The van der Waals surface area contributed by atoms with Gasteiger partial charge in [0.1, 0.15) is 18.2 Å². The highest BCUT2D eigenvalue weighted by Crippen LogP contribution is 2.30. The lowest BCUT2D eigenvalue weighted by atomic mass is 9.84. The number of likely N-dealkylation sites (N-methyl/N-ethyl adjacent to an activating group) is 1. The van der Waals surface area contributed by atoms with Crippen LogP contribution in [0.15, 0.2) is 12.3 Å². The second-order valence-corrected chi connectivity index (χ2v) is 11.8. The summed E-state index contributed by atoms with van der Waals surface area (Å²) in [7, 11) is 7.02. The first-order valence-electron chi connectivity index (χ1n) is 14.9. The van der Waals surface area contributed by atoms with Crippen molar-refractivity contribution in [2.45, 2.75) is 111 Å². The number of carbonyl (C=O) groups is 3. The fourth-order valence-electron chi connectivity index (χ4n) is 5.51. The third-order valence-corrected chi connectivity index (χ3v) is 8.37. The first kappa shape index (κ1) is 36.1. The van der Waals surface area contributed by atoms with Crippen molar-refractivity contribution in [2.24, 2.45) is 23.7 Å². The first-order chi connectivity index (χ1) is 18.9. The number of rotatable bonds is 19. The smallest absolute Gasteiger partial charge is 0.323 e. The van der Waals surface area contributed by atoms with Crippen LogP contribution in [0, 0.1) is 23.7 Å². The molecule has 1 rings (SSSR count). The molecule has 0 aliphatic carbocycles. The molecule has 1 amide bonds. The Labute approximate surface area is 242 Å². The minimum Gasteiger partial charge on any atom is -0.462 e. The standard InChI is InChI=1S/C31H56N2O7/c1-11-29(35)39-27(21(2)3)19-28(37-9)22(4)14-15-26(40-31(36)25-13-12-17-33(25)8)24(6)30(38-10)23(5)16-18-32(7)20-34/h16,18,20-28,30H,11-15,17,19H2,1-10H3/b18-16+/t22-,23+,24-,25+,26+,27-,28-,30+/m0/s1. The zero-order chi connectivity index (χ0) is 30.4. The molecular weight excluding hydrogens is 512 g/mol. The quantitative estimate of drug-likeness (QED) is 0.164. The largest absolute Gasteiger partial charge is 0.462 e. The molecule has 0 N–H and O–H groups in total. The number of amides is 1. The van der Waals surface area contributed by atoms with Gasteiger partial charge < -0.3 is 23.8 Å². The Hall–Kier alpha value is -1.97. The van der Waals surface area contributed by atoms with Gasteiger partial charge in [-0.05, 0) is 51.1 Å². The molecule has 0 spiro atoms. The maximum atomic E-state index is 13.3. The SMILES string of the molecule is CCC(=O)O[C@@H](C[C@H](OC)[C@@H](C)CC[C@@H](OC(=O)[C@H]1CCCN1C)[C@H](C)[C@H](OC)[C@H](C)/C=C/N(C)C=O)C(C)C. The van der Waals surface area contributed by atoms with E-state index >= 15 is 0 Å². The summed E-state index contributed by atoms with van der Waals surface area (Å²) in [5.41, 5.74) is 0. The summed E-state index contributed by atoms with van der Waals surface area (Å²) < 4.78 is 23.7. The van der Waals surface area contributed by atoms with Crippen molar-refractivity contribution in [1.29, 1.82) is 0 Å². The van der Waals surface area contributed by atoms with Crippen molar-refractivity contribution in [3.63, 3.8) is 0 Å². The summed E-state index contributed by atoms with van der Waals surface area (Å²) in [6, 6.07) is -0.224. The Kier molecular flexibility index (Phi) is 16.6. The molecule has 1 saturated heterocycles. The van der Waals surface area contributed by atoms with Crippen LogP contribution in [0.25, 0.3) is 0 Å². The normalized spacial score (nSPS) is 21.4. The topological polar surface area (TPSA) is 94.6 Å². The number of hydrogen-bond donors (Lipinski definition) is 0. The highest BCUT2D eigenvalue weighted by Gasteiger charge is 2.36. The molecule has 0 unspecified atom stereocenters. The molecule has 9 heteroatoms. The minimum absolute atomic E-state index is 0.0121. The zero-order valence-corrected chi connectivity index (χ0v) is 26.6. The Morgan fingerprint density at radius 1 is 1.00 bits per heavy atom. The number of hydrogen-bond acceptors (Lipinski definition) is 8. The number of methoxy groups -OCH3 is 2. The molecule has 0 aromatic heterocycles. The van der Waals surface area contributed by atoms with Gasteiger partial charge in [0.15, 0.2) is 0 Å². The van der Waals surface area contributed by atoms with Crippen molar-refractivity contribution in [3.05, 3.63) is 12.3 Å². The Morgan fingerprint density at radius 3 is 2.17 bits per heavy atom. The lowest BCUT2D eigenvalue weighted by molar-refractivity contribution is -0.161. The number of nitrogens with zero attached hydrogens (tertiary/aromatic N) is 2. The number of carbonyl (C=O) groups excluding carboxylic acids is 3. The van der Waals surface area contributed by atoms with Gasteiger partial charge in [-0.1, -0.05) is 47.6 Å². The van der Waals surface area contributed by atoms with Crippen LogP contribution in [0.4, 0.5) is 0 Å². The molecule has 1 aliphatic rings. The third kappa shape index (κ3) is 11.5. The van der Waals surface area contributed by atoms with E-state index in [4.69, 9.17) is 18.9 Å². The average molecular weight is 569 g/mol. The van der Waals surface area contributed by atoms with Crippen LogP contribution in [0.5, 0.6) is 0 Å². The van der Waals surface area contributed by atoms with Crippen LogP contribution in [0.1, 0.15) is 80.1 Å². The molecule has 8 atom stereocenters. The predicted octanol–water partition coefficient (Wildman–Crippen LogP) is 4.68. The van der Waals surface area contributed by atoms with E-state index in [2.05, 4.69) is 32.6 Å². The monoisotopic (exact) mass is 568 g/mol. The van der Waals surface area contributed by atoms with Gasteiger partial charge in [0, 0.05) is 52.1 Å². The Morgan fingerprint density at radius 2 is 1.68 bits per heavy atom. The molecule has 0 radical (unpaired) electrons. The van der Waals surface area contributed by atoms with Crippen molar-refractivity contribution in [3.8, 4) is 0 Å². The van der Waals surface area contributed by atoms with E-state index in [9.17, 15) is 14.4 Å². The molecule has 1 heterocycles. The van der Waals surface area contributed by atoms with Gasteiger partial charge >= 0.3 is 11.9 Å². The lowest BCUT2D eigenvalue weighted by Gasteiger charge is -2.35. The summed E-state index contributed by atoms with van der Waals surface area (Å²) in [5, 5.41) is 0. The van der Waals surface area contributed by atoms with E-state index in [0.717, 1.165) is 32.2 Å². The van der Waals surface area contributed by atoms with Gasteiger partial charge in [-0.25, -0.2) is 0 Å². The zero-order valence-electron chi connectivity index (χ0n) is 26.6. The molecule has 232 valence electrons. The number of likely N-dealkylation sites (tertiary alicyclic amines) is 1. The number of ether oxygens (including phenoxy) is 4. The van der Waals surface area contributed by atoms with E-state index in [0.29, 0.717) is 19.3 Å². The first-order valence-corrected chi connectivity index (χ1v) is 14.9. The van der Waals surface area contributed by atoms with Crippen LogP contribution in [0.3, 0.4) is 0 Å². The van der Waals surface area contributed by atoms with Gasteiger partial charge in [-0.3, -0.25) is 19.3 Å². The average Bonchev–Trinajstić information content (AvgIpc) is 3.37. The van der Waals surface area contributed by atoms with E-state index in [1.54, 1.807) is 34.4 Å². The molecule has 9 nitrogen and oxygen atoms in total. The molecule has 1 fully saturated rings. The van der Waals surface area contributed by atoms with Gasteiger partial charge in [0.05, 0.1) is 12.2 Å². The van der Waals surface area contributed by atoms with Gasteiger partial charge in [-0.2, -0.15) is 0 Å². The third-order valence-electron chi connectivity index (χ3n) is 8.37. The van der Waals surface area contributed by atoms with Gasteiger partial charge in [0.25, 0.3) is 0 Å². The fraction of sp³-hybridized carbons (Fsp3) is 0.839. The van der Waals surface area contributed by atoms with Crippen LogP contribution in [0.2, 0.25) is 0 Å². The lowest BCUT2D eigenvalue weighted by Crippen LogP contribution is -2.42. The van der Waals surface area contributed by atoms with E-state index in [1.807, 2.05) is 20.0 Å². The van der Waals surface area contributed by atoms with Crippen LogP contribution >= 0.6 is 0 Å². The summed E-state index contributed by atoms with van der Waals surface area (Å²) in [6.07, 6.45) is 7.67. The predicted molar refractivity (Wildman–Crippen MR) is 156 cm³/mol. The molecule has 0 aromatic rings. The molecular formula is C31H56N2O7. The van der Waals surface area contributed by atoms with Gasteiger partial charge in [0.2, 0.25) is 6.41 Å². The van der Waals surface area contributed by atoms with Crippen molar-refractivity contribution in [2.75, 3.05) is 34.9 Å². The Bertz CT molecular complexity index is 790. The summed E-state index contributed by atoms with van der Waals surface area (Å²) >= 11 is 0. The van der Waals surface area contributed by atoms with E-state index in [1.165, 1.54) is 4.90 Å². The van der Waals surface area contributed by atoms with Gasteiger partial charge in [-0.15, -0.1) is 0 Å². The van der Waals surface area contributed by atoms with E-state index in [-0.39, 0.29) is 66.1 Å². The maximum Gasteiger partial charge on any atom is 0.323 e. The highest BCUT2D eigenvalue weighted by molar-refractivity contribution is 5.76. The summed E-state index contributed by atoms with van der Waals surface area (Å²) in [4.78, 5) is 39.8. The van der Waals surface area contributed by atoms with Crippen LogP contribution in [-0.2, 0) is 33.3 Å². The Balaban J connectivity index is 3.07. The highest BCUT2D eigenvalue weighted by atomic mass is 16.6. The summed E-state index contributed by atoms with van der Waals surface area (Å²) in [6.45, 7) is 13.0. The minimum atomic E-state index is -0.357. The van der Waals surface area contributed by atoms with Crippen LogP contribution < -0.4 is 0 Å². The van der Waals surface area contributed by atoms with E-state index < -0.39 is 0 Å². The molecule has 0 saturated carbocycles. The van der Waals surface area contributed by atoms with Crippen molar-refractivity contribution < 1.29 is 33.3 Å². The summed E-state index contributed by atoms with van der Waals surface area (Å²) in [5.74, 6) is -0.169. The van der Waals surface area contributed by atoms with Crippen molar-refractivity contribution >= 4 is 18.3 Å². The molecule has 0 bridgehead atoms.